The van der Waals surface area contributed by atoms with Crippen molar-refractivity contribution in [1.29, 1.82) is 5.26 Å². The highest BCUT2D eigenvalue weighted by Gasteiger charge is 2.29. The minimum Gasteiger partial charge on any atom is -0.368 e. The van der Waals surface area contributed by atoms with Gasteiger partial charge in [0.25, 0.3) is 10.2 Å². The van der Waals surface area contributed by atoms with Crippen LogP contribution >= 0.6 is 0 Å². The zero-order valence-electron chi connectivity index (χ0n) is 11.7. The first-order valence-corrected chi connectivity index (χ1v) is 7.78. The molecule has 1 aromatic rings. The Labute approximate surface area is 120 Å². The van der Waals surface area contributed by atoms with Crippen LogP contribution in [0.1, 0.15) is 5.56 Å². The summed E-state index contributed by atoms with van der Waals surface area (Å²) in [6, 6.07) is 9.56. The van der Waals surface area contributed by atoms with Gasteiger partial charge in [0.1, 0.15) is 6.07 Å². The van der Waals surface area contributed by atoms with Crippen molar-refractivity contribution in [2.75, 3.05) is 45.2 Å². The largest absolute Gasteiger partial charge is 0.368 e. The number of hydrogen-bond donors (Lipinski definition) is 0. The average molecular weight is 294 g/mol. The van der Waals surface area contributed by atoms with E-state index in [1.807, 2.05) is 18.2 Å². The third-order valence-corrected chi connectivity index (χ3v) is 5.33. The van der Waals surface area contributed by atoms with Crippen LogP contribution in [0, 0.1) is 11.3 Å². The van der Waals surface area contributed by atoms with E-state index < -0.39 is 10.2 Å². The van der Waals surface area contributed by atoms with Gasteiger partial charge in [-0.3, -0.25) is 0 Å². The molecule has 1 aliphatic heterocycles. The minimum absolute atomic E-state index is 0.431. The van der Waals surface area contributed by atoms with E-state index in [-0.39, 0.29) is 0 Å². The molecular formula is C13H18N4O2S. The Morgan fingerprint density at radius 1 is 1.15 bits per heavy atom. The Hall–Kier alpha value is -1.62. The third-order valence-electron chi connectivity index (χ3n) is 3.39. The van der Waals surface area contributed by atoms with E-state index in [0.29, 0.717) is 31.7 Å². The molecule has 7 heteroatoms. The lowest BCUT2D eigenvalue weighted by molar-refractivity contribution is 0.355. The molecule has 0 spiro atoms. The lowest BCUT2D eigenvalue weighted by atomic mass is 10.1. The Morgan fingerprint density at radius 2 is 1.75 bits per heavy atom. The molecule has 0 saturated carbocycles. The predicted octanol–water partition coefficient (Wildman–Crippen LogP) is 0.487. The molecule has 0 aliphatic carbocycles. The van der Waals surface area contributed by atoms with Crippen molar-refractivity contribution in [3.05, 3.63) is 29.8 Å². The molecule has 0 aromatic heterocycles. The maximum Gasteiger partial charge on any atom is 0.281 e. The number of para-hydroxylation sites is 1. The van der Waals surface area contributed by atoms with Gasteiger partial charge in [0.15, 0.2) is 0 Å². The molecule has 0 amide bonds. The number of rotatable bonds is 3. The summed E-state index contributed by atoms with van der Waals surface area (Å²) in [6.45, 7) is 2.04. The van der Waals surface area contributed by atoms with Gasteiger partial charge in [0, 0.05) is 40.3 Å². The van der Waals surface area contributed by atoms with Gasteiger partial charge in [-0.1, -0.05) is 12.1 Å². The first-order chi connectivity index (χ1) is 9.46. The molecule has 0 unspecified atom stereocenters. The summed E-state index contributed by atoms with van der Waals surface area (Å²) in [4.78, 5) is 2.06. The highest BCUT2D eigenvalue weighted by Crippen LogP contribution is 2.22. The number of anilines is 1. The number of nitriles is 1. The van der Waals surface area contributed by atoms with E-state index >= 15 is 0 Å². The fourth-order valence-electron chi connectivity index (χ4n) is 2.23. The topological polar surface area (TPSA) is 67.7 Å². The number of nitrogens with zero attached hydrogens (tertiary/aromatic N) is 4. The smallest absolute Gasteiger partial charge is 0.281 e. The SMILES string of the molecule is CN(C)S(=O)(=O)N1CCN(c2ccccc2C#N)CC1. The van der Waals surface area contributed by atoms with Crippen LogP contribution in [-0.2, 0) is 10.2 Å². The van der Waals surface area contributed by atoms with Crippen molar-refractivity contribution in [3.8, 4) is 6.07 Å². The highest BCUT2D eigenvalue weighted by molar-refractivity contribution is 7.86. The van der Waals surface area contributed by atoms with Crippen molar-refractivity contribution in [1.82, 2.24) is 8.61 Å². The van der Waals surface area contributed by atoms with Gasteiger partial charge in [-0.05, 0) is 12.1 Å². The van der Waals surface area contributed by atoms with Gasteiger partial charge >= 0.3 is 0 Å². The normalized spacial score (nSPS) is 17.2. The molecule has 2 rings (SSSR count). The molecule has 0 atom stereocenters. The van der Waals surface area contributed by atoms with E-state index in [4.69, 9.17) is 5.26 Å². The molecule has 1 aromatic carbocycles. The van der Waals surface area contributed by atoms with Crippen LogP contribution in [0.2, 0.25) is 0 Å². The third kappa shape index (κ3) is 2.77. The summed E-state index contributed by atoms with van der Waals surface area (Å²) in [7, 11) is -0.277. The molecule has 0 bridgehead atoms. The quantitative estimate of drug-likeness (QED) is 0.813. The van der Waals surface area contributed by atoms with Crippen LogP contribution in [-0.4, -0.2) is 57.3 Å². The van der Waals surface area contributed by atoms with Gasteiger partial charge in [-0.2, -0.15) is 22.3 Å². The minimum atomic E-state index is -3.35. The fourth-order valence-corrected chi connectivity index (χ4v) is 3.32. The van der Waals surface area contributed by atoms with Crippen LogP contribution in [0.3, 0.4) is 0 Å². The van der Waals surface area contributed by atoms with Crippen molar-refractivity contribution in [2.45, 2.75) is 0 Å². The van der Waals surface area contributed by atoms with Crippen LogP contribution in [0.5, 0.6) is 0 Å². The van der Waals surface area contributed by atoms with Crippen molar-refractivity contribution < 1.29 is 8.42 Å². The zero-order chi connectivity index (χ0) is 14.8. The summed E-state index contributed by atoms with van der Waals surface area (Å²) in [5.74, 6) is 0. The number of hydrogen-bond acceptors (Lipinski definition) is 4. The monoisotopic (exact) mass is 294 g/mol. The van der Waals surface area contributed by atoms with Crippen LogP contribution in [0.25, 0.3) is 0 Å². The summed E-state index contributed by atoms with van der Waals surface area (Å²) < 4.78 is 26.8. The van der Waals surface area contributed by atoms with Crippen LogP contribution < -0.4 is 4.90 Å². The average Bonchev–Trinajstić information content (AvgIpc) is 2.47. The molecule has 6 nitrogen and oxygen atoms in total. The van der Waals surface area contributed by atoms with Gasteiger partial charge in [0.2, 0.25) is 0 Å². The Bertz CT molecular complexity index is 614. The van der Waals surface area contributed by atoms with Crippen LogP contribution in [0.15, 0.2) is 24.3 Å². The second-order valence-electron chi connectivity index (χ2n) is 4.81. The lowest BCUT2D eigenvalue weighted by Gasteiger charge is -2.36. The summed E-state index contributed by atoms with van der Waals surface area (Å²) in [5, 5.41) is 9.11. The maximum atomic E-state index is 12.0. The Kier molecular flexibility index (Phi) is 4.28. The van der Waals surface area contributed by atoms with E-state index in [1.165, 1.54) is 22.7 Å². The Morgan fingerprint density at radius 3 is 2.30 bits per heavy atom. The van der Waals surface area contributed by atoms with Gasteiger partial charge in [-0.15, -0.1) is 0 Å². The second kappa shape index (κ2) is 5.79. The molecule has 1 heterocycles. The van der Waals surface area contributed by atoms with E-state index in [1.54, 1.807) is 6.07 Å². The van der Waals surface area contributed by atoms with E-state index in [0.717, 1.165) is 5.69 Å². The Balaban J connectivity index is 2.11. The van der Waals surface area contributed by atoms with Crippen molar-refractivity contribution >= 4 is 15.9 Å². The highest BCUT2D eigenvalue weighted by atomic mass is 32.2. The van der Waals surface area contributed by atoms with Gasteiger partial charge in [-0.25, -0.2) is 0 Å². The van der Waals surface area contributed by atoms with Crippen LogP contribution in [0.4, 0.5) is 5.69 Å². The van der Waals surface area contributed by atoms with E-state index in [2.05, 4.69) is 11.0 Å². The molecule has 0 N–H and O–H groups in total. The van der Waals surface area contributed by atoms with Gasteiger partial charge in [0.05, 0.1) is 11.3 Å². The van der Waals surface area contributed by atoms with Gasteiger partial charge < -0.3 is 4.90 Å². The first-order valence-electron chi connectivity index (χ1n) is 6.38. The predicted molar refractivity (Wildman–Crippen MR) is 77.5 cm³/mol. The fraction of sp³-hybridized carbons (Fsp3) is 0.462. The summed E-state index contributed by atoms with van der Waals surface area (Å²) >= 11 is 0. The molecule has 1 saturated heterocycles. The first kappa shape index (κ1) is 14.8. The molecule has 0 radical (unpaired) electrons. The van der Waals surface area contributed by atoms with Crippen molar-refractivity contribution in [3.63, 3.8) is 0 Å². The molecular weight excluding hydrogens is 276 g/mol. The van der Waals surface area contributed by atoms with Crippen molar-refractivity contribution in [2.24, 2.45) is 0 Å². The summed E-state index contributed by atoms with van der Waals surface area (Å²) in [5.41, 5.74) is 1.49. The standard InChI is InChI=1S/C13H18N4O2S/c1-15(2)20(18,19)17-9-7-16(8-10-17)13-6-4-3-5-12(13)11-14/h3-6H,7-10H2,1-2H3. The number of benzene rings is 1. The van der Waals surface area contributed by atoms with E-state index in [9.17, 15) is 8.42 Å². The number of piperazine rings is 1. The zero-order valence-corrected chi connectivity index (χ0v) is 12.5. The molecule has 20 heavy (non-hydrogen) atoms. The maximum absolute atomic E-state index is 12.0. The molecule has 1 aliphatic rings. The second-order valence-corrected chi connectivity index (χ2v) is 6.95. The lowest BCUT2D eigenvalue weighted by Crippen LogP contribution is -2.51. The summed E-state index contributed by atoms with van der Waals surface area (Å²) in [6.07, 6.45) is 0. The molecule has 108 valence electrons. The molecule has 1 fully saturated rings.